The Morgan fingerprint density at radius 1 is 1.44 bits per heavy atom. The molecule has 1 aromatic heterocycles. The third-order valence-corrected chi connectivity index (χ3v) is 3.01. The fourth-order valence-corrected chi connectivity index (χ4v) is 2.06. The normalized spacial score (nSPS) is 10.6. The van der Waals surface area contributed by atoms with E-state index in [1.165, 1.54) is 0 Å². The molecule has 1 N–H and O–H groups in total. The van der Waals surface area contributed by atoms with Crippen LogP contribution in [0.2, 0.25) is 5.15 Å². The van der Waals surface area contributed by atoms with Crippen molar-refractivity contribution in [3.8, 4) is 5.75 Å². The van der Waals surface area contributed by atoms with Gasteiger partial charge in [0, 0.05) is 10.9 Å². The highest BCUT2D eigenvalue weighted by molar-refractivity contribution is 6.30. The van der Waals surface area contributed by atoms with Crippen LogP contribution in [-0.4, -0.2) is 23.2 Å². The third-order valence-electron chi connectivity index (χ3n) is 2.69. The number of carboxylic acids is 1. The highest BCUT2D eigenvalue weighted by atomic mass is 35.5. The van der Waals surface area contributed by atoms with Gasteiger partial charge in [0.05, 0.1) is 19.0 Å². The summed E-state index contributed by atoms with van der Waals surface area (Å²) in [6, 6.07) is 5.42. The van der Waals surface area contributed by atoms with Crippen LogP contribution in [0.5, 0.6) is 5.75 Å². The first-order valence-electron chi connectivity index (χ1n) is 5.37. The Bertz CT molecular complexity index is 625. The van der Waals surface area contributed by atoms with Crippen LogP contribution in [0.1, 0.15) is 11.1 Å². The topological polar surface area (TPSA) is 59.4 Å². The second-order valence-corrected chi connectivity index (χ2v) is 4.38. The maximum atomic E-state index is 10.7. The first kappa shape index (κ1) is 12.6. The van der Waals surface area contributed by atoms with E-state index >= 15 is 0 Å². The van der Waals surface area contributed by atoms with Gasteiger partial charge in [0.15, 0.2) is 0 Å². The van der Waals surface area contributed by atoms with Gasteiger partial charge in [-0.1, -0.05) is 11.6 Å². The summed E-state index contributed by atoms with van der Waals surface area (Å²) in [6.45, 7) is 1.91. The molecule has 0 saturated heterocycles. The van der Waals surface area contributed by atoms with Crippen molar-refractivity contribution < 1.29 is 14.6 Å². The molecule has 2 rings (SSSR count). The molecule has 4 nitrogen and oxygen atoms in total. The van der Waals surface area contributed by atoms with E-state index < -0.39 is 5.97 Å². The van der Waals surface area contributed by atoms with E-state index in [-0.39, 0.29) is 11.6 Å². The molecule has 1 heterocycles. The molecule has 0 unspecified atom stereocenters. The molecule has 0 aliphatic rings. The van der Waals surface area contributed by atoms with Crippen molar-refractivity contribution in [1.82, 2.24) is 4.98 Å². The number of halogens is 1. The van der Waals surface area contributed by atoms with Crippen LogP contribution < -0.4 is 4.74 Å². The first-order valence-corrected chi connectivity index (χ1v) is 5.74. The van der Waals surface area contributed by atoms with Crippen LogP contribution in [0.25, 0.3) is 10.9 Å². The summed E-state index contributed by atoms with van der Waals surface area (Å²) in [4.78, 5) is 15.0. The number of nitrogens with zero attached hydrogens (tertiary/aromatic N) is 1. The zero-order chi connectivity index (χ0) is 13.3. The largest absolute Gasteiger partial charge is 0.497 e. The van der Waals surface area contributed by atoms with E-state index in [4.69, 9.17) is 21.4 Å². The first-order chi connectivity index (χ1) is 8.51. The van der Waals surface area contributed by atoms with E-state index in [1.54, 1.807) is 13.2 Å². The van der Waals surface area contributed by atoms with Crippen LogP contribution in [0.3, 0.4) is 0 Å². The molecule has 0 aliphatic carbocycles. The van der Waals surface area contributed by atoms with Gasteiger partial charge in [0.25, 0.3) is 0 Å². The maximum Gasteiger partial charge on any atom is 0.307 e. The van der Waals surface area contributed by atoms with Crippen LogP contribution >= 0.6 is 11.6 Å². The van der Waals surface area contributed by atoms with Gasteiger partial charge < -0.3 is 9.84 Å². The molecule has 94 valence electrons. The lowest BCUT2D eigenvalue weighted by molar-refractivity contribution is -0.136. The van der Waals surface area contributed by atoms with Gasteiger partial charge in [-0.15, -0.1) is 0 Å². The summed E-state index contributed by atoms with van der Waals surface area (Å²) in [6.07, 6.45) is -0.141. The molecule has 0 spiro atoms. The molecule has 0 fully saturated rings. The van der Waals surface area contributed by atoms with Gasteiger partial charge in [0.1, 0.15) is 10.9 Å². The highest BCUT2D eigenvalue weighted by Crippen LogP contribution is 2.27. The van der Waals surface area contributed by atoms with E-state index in [9.17, 15) is 4.79 Å². The molecule has 0 saturated carbocycles. The molecule has 0 aliphatic heterocycles. The Labute approximate surface area is 109 Å². The number of ether oxygens (including phenoxy) is 1. The van der Waals surface area contributed by atoms with Crippen molar-refractivity contribution in [2.45, 2.75) is 13.3 Å². The van der Waals surface area contributed by atoms with E-state index in [0.29, 0.717) is 11.3 Å². The van der Waals surface area contributed by atoms with Crippen molar-refractivity contribution in [2.75, 3.05) is 7.11 Å². The Kier molecular flexibility index (Phi) is 3.39. The van der Waals surface area contributed by atoms with Crippen molar-refractivity contribution in [1.29, 1.82) is 0 Å². The molecule has 0 radical (unpaired) electrons. The van der Waals surface area contributed by atoms with Crippen molar-refractivity contribution in [3.63, 3.8) is 0 Å². The fourth-order valence-electron chi connectivity index (χ4n) is 1.86. The quantitative estimate of drug-likeness (QED) is 0.867. The average Bonchev–Trinajstić information content (AvgIpc) is 2.30. The lowest BCUT2D eigenvalue weighted by atomic mass is 10.1. The van der Waals surface area contributed by atoms with Gasteiger partial charge in [-0.25, -0.2) is 4.98 Å². The smallest absolute Gasteiger partial charge is 0.307 e. The Morgan fingerprint density at radius 3 is 2.78 bits per heavy atom. The van der Waals surface area contributed by atoms with E-state index in [1.807, 2.05) is 19.1 Å². The van der Waals surface area contributed by atoms with Gasteiger partial charge in [-0.2, -0.15) is 0 Å². The van der Waals surface area contributed by atoms with Gasteiger partial charge >= 0.3 is 5.97 Å². The Hall–Kier alpha value is -1.81. The minimum atomic E-state index is -0.933. The fraction of sp³-hybridized carbons (Fsp3) is 0.231. The third kappa shape index (κ3) is 2.38. The molecule has 0 amide bonds. The summed E-state index contributed by atoms with van der Waals surface area (Å²) in [5, 5.41) is 9.87. The lowest BCUT2D eigenvalue weighted by Crippen LogP contribution is -2.02. The molecule has 18 heavy (non-hydrogen) atoms. The summed E-state index contributed by atoms with van der Waals surface area (Å²) >= 11 is 5.99. The van der Waals surface area contributed by atoms with Crippen LogP contribution in [0, 0.1) is 6.92 Å². The van der Waals surface area contributed by atoms with Crippen molar-refractivity contribution >= 4 is 28.5 Å². The summed E-state index contributed by atoms with van der Waals surface area (Å²) in [5.74, 6) is -0.219. The number of rotatable bonds is 3. The van der Waals surface area contributed by atoms with Gasteiger partial charge in [-0.3, -0.25) is 4.79 Å². The molecular weight excluding hydrogens is 254 g/mol. The number of pyridine rings is 1. The second kappa shape index (κ2) is 4.82. The Balaban J connectivity index is 2.64. The number of benzene rings is 1. The number of hydrogen-bond acceptors (Lipinski definition) is 3. The lowest BCUT2D eigenvalue weighted by Gasteiger charge is -2.08. The standard InChI is InChI=1S/C13H12ClNO3/c1-7-3-10(18-2)5-8-4-9(6-11(16)17)13(14)15-12(7)8/h3-5H,6H2,1-2H3,(H,16,17). The predicted molar refractivity (Wildman–Crippen MR) is 69.4 cm³/mol. The molecule has 1 aromatic carbocycles. The monoisotopic (exact) mass is 265 g/mol. The summed E-state index contributed by atoms with van der Waals surface area (Å²) in [5.41, 5.74) is 2.20. The highest BCUT2D eigenvalue weighted by Gasteiger charge is 2.11. The number of carboxylic acid groups (broad SMARTS) is 1. The number of methoxy groups -OCH3 is 1. The van der Waals surface area contributed by atoms with Crippen molar-refractivity contribution in [3.05, 3.63) is 34.5 Å². The number of aryl methyl sites for hydroxylation is 1. The zero-order valence-corrected chi connectivity index (χ0v) is 10.8. The average molecular weight is 266 g/mol. The summed E-state index contributed by atoms with van der Waals surface area (Å²) < 4.78 is 5.18. The molecule has 5 heteroatoms. The SMILES string of the molecule is COc1cc(C)c2nc(Cl)c(CC(=O)O)cc2c1. The van der Waals surface area contributed by atoms with Gasteiger partial charge in [0.2, 0.25) is 0 Å². The number of aliphatic carboxylic acids is 1. The van der Waals surface area contributed by atoms with Crippen LogP contribution in [0.15, 0.2) is 18.2 Å². The van der Waals surface area contributed by atoms with Gasteiger partial charge in [-0.05, 0) is 30.7 Å². The molecule has 0 atom stereocenters. The summed E-state index contributed by atoms with van der Waals surface area (Å²) in [7, 11) is 1.59. The minimum Gasteiger partial charge on any atom is -0.497 e. The van der Waals surface area contributed by atoms with Crippen LogP contribution in [0.4, 0.5) is 0 Å². The number of fused-ring (bicyclic) bond motifs is 1. The van der Waals surface area contributed by atoms with Crippen molar-refractivity contribution in [2.24, 2.45) is 0 Å². The zero-order valence-electron chi connectivity index (χ0n) is 10.0. The minimum absolute atomic E-state index is 0.141. The van der Waals surface area contributed by atoms with E-state index in [2.05, 4.69) is 4.98 Å². The van der Waals surface area contributed by atoms with Crippen LogP contribution in [-0.2, 0) is 11.2 Å². The number of hydrogen-bond donors (Lipinski definition) is 1. The van der Waals surface area contributed by atoms with E-state index in [0.717, 1.165) is 16.5 Å². The number of carbonyl (C=O) groups is 1. The molecule has 2 aromatic rings. The molecular formula is C13H12ClNO3. The molecule has 0 bridgehead atoms. The predicted octanol–water partition coefficient (Wildman–Crippen LogP) is 2.83. The Morgan fingerprint density at radius 2 is 2.17 bits per heavy atom. The maximum absolute atomic E-state index is 10.7. The number of aromatic nitrogens is 1. The second-order valence-electron chi connectivity index (χ2n) is 4.02.